The van der Waals surface area contributed by atoms with E-state index in [2.05, 4.69) is 9.97 Å². The van der Waals surface area contributed by atoms with Crippen LogP contribution in [0.5, 0.6) is 11.5 Å². The molecule has 3 rings (SSSR count). The van der Waals surface area contributed by atoms with Gasteiger partial charge in [0.1, 0.15) is 12.1 Å². The fraction of sp³-hybridized carbons (Fsp3) is 0.143. The summed E-state index contributed by atoms with van der Waals surface area (Å²) in [4.78, 5) is 8.46. The quantitative estimate of drug-likeness (QED) is 0.721. The predicted octanol–water partition coefficient (Wildman–Crippen LogP) is 2.44. The summed E-state index contributed by atoms with van der Waals surface area (Å²) in [6.45, 7) is 0. The van der Waals surface area contributed by atoms with Gasteiger partial charge in [-0.1, -0.05) is 0 Å². The van der Waals surface area contributed by atoms with Crippen LogP contribution in [0.1, 0.15) is 0 Å². The van der Waals surface area contributed by atoms with Gasteiger partial charge in [-0.15, -0.1) is 0 Å². The highest BCUT2D eigenvalue weighted by atomic mass is 16.5. The molecular weight excluding hydrogens is 242 g/mol. The zero-order valence-corrected chi connectivity index (χ0v) is 10.7. The molecule has 1 aromatic carbocycles. The number of benzene rings is 1. The Hall–Kier alpha value is -2.56. The maximum atomic E-state index is 5.34. The van der Waals surface area contributed by atoms with Crippen LogP contribution in [-0.4, -0.2) is 28.8 Å². The number of hydrogen-bond donors (Lipinski definition) is 0. The normalized spacial score (nSPS) is 10.6. The summed E-state index contributed by atoms with van der Waals surface area (Å²) in [5.74, 6) is 2.21. The summed E-state index contributed by atoms with van der Waals surface area (Å²) in [5, 5.41) is 2.02. The summed E-state index contributed by atoms with van der Waals surface area (Å²) in [6.07, 6.45) is 7.07. The summed E-state index contributed by atoms with van der Waals surface area (Å²) in [5.41, 5.74) is 0. The van der Waals surface area contributed by atoms with E-state index in [4.69, 9.17) is 9.47 Å². The van der Waals surface area contributed by atoms with Crippen molar-refractivity contribution in [1.82, 2.24) is 14.5 Å². The van der Waals surface area contributed by atoms with Crippen LogP contribution in [0.3, 0.4) is 0 Å². The van der Waals surface area contributed by atoms with Crippen molar-refractivity contribution in [3.05, 3.63) is 43.1 Å². The van der Waals surface area contributed by atoms with Gasteiger partial charge in [0.25, 0.3) is 0 Å². The fourth-order valence-electron chi connectivity index (χ4n) is 2.07. The van der Waals surface area contributed by atoms with Gasteiger partial charge in [-0.25, -0.2) is 9.97 Å². The zero-order valence-electron chi connectivity index (χ0n) is 10.7. The molecule has 0 fully saturated rings. The van der Waals surface area contributed by atoms with Crippen molar-refractivity contribution in [2.45, 2.75) is 0 Å². The van der Waals surface area contributed by atoms with E-state index >= 15 is 0 Å². The second kappa shape index (κ2) is 4.61. The standard InChI is InChI=1S/C14H13N3O2/c1-18-12-7-10-3-4-16-14(17-6-5-15-9-17)11(10)8-13(12)19-2/h3-9H,1-2H3. The Labute approximate surface area is 110 Å². The Bertz CT molecular complexity index is 708. The average Bonchev–Trinajstić information content (AvgIpc) is 2.99. The van der Waals surface area contributed by atoms with E-state index in [9.17, 15) is 0 Å². The molecule has 0 aliphatic rings. The number of rotatable bonds is 3. The first kappa shape index (κ1) is 11.5. The molecule has 0 spiro atoms. The van der Waals surface area contributed by atoms with Gasteiger partial charge >= 0.3 is 0 Å². The van der Waals surface area contributed by atoms with Crippen LogP contribution in [0, 0.1) is 0 Å². The number of fused-ring (bicyclic) bond motifs is 1. The smallest absolute Gasteiger partial charge is 0.161 e. The molecule has 0 aliphatic carbocycles. The number of nitrogens with zero attached hydrogens (tertiary/aromatic N) is 3. The lowest BCUT2D eigenvalue weighted by molar-refractivity contribution is 0.356. The van der Waals surface area contributed by atoms with Gasteiger partial charge in [-0.05, 0) is 23.6 Å². The molecule has 5 heteroatoms. The highest BCUT2D eigenvalue weighted by Gasteiger charge is 2.10. The van der Waals surface area contributed by atoms with E-state index in [-0.39, 0.29) is 0 Å². The highest BCUT2D eigenvalue weighted by molar-refractivity contribution is 5.91. The lowest BCUT2D eigenvalue weighted by Gasteiger charge is -2.11. The third-order valence-corrected chi connectivity index (χ3v) is 3.00. The molecule has 19 heavy (non-hydrogen) atoms. The molecule has 0 N–H and O–H groups in total. The molecule has 0 saturated heterocycles. The van der Waals surface area contributed by atoms with E-state index in [1.807, 2.05) is 29.0 Å². The number of hydrogen-bond acceptors (Lipinski definition) is 4. The SMILES string of the molecule is COc1cc2ccnc(-n3ccnc3)c2cc1OC. The van der Waals surface area contributed by atoms with Crippen LogP contribution >= 0.6 is 0 Å². The molecule has 0 radical (unpaired) electrons. The molecular formula is C14H13N3O2. The molecule has 2 heterocycles. The van der Waals surface area contributed by atoms with Crippen molar-refractivity contribution in [2.75, 3.05) is 14.2 Å². The topological polar surface area (TPSA) is 49.2 Å². The third-order valence-electron chi connectivity index (χ3n) is 3.00. The van der Waals surface area contributed by atoms with Gasteiger partial charge in [0.2, 0.25) is 0 Å². The maximum Gasteiger partial charge on any atom is 0.161 e. The van der Waals surface area contributed by atoms with Crippen molar-refractivity contribution in [3.8, 4) is 17.3 Å². The van der Waals surface area contributed by atoms with Crippen molar-refractivity contribution in [3.63, 3.8) is 0 Å². The van der Waals surface area contributed by atoms with Crippen LogP contribution in [0.25, 0.3) is 16.6 Å². The minimum absolute atomic E-state index is 0.685. The van der Waals surface area contributed by atoms with Gasteiger partial charge in [-0.3, -0.25) is 4.57 Å². The molecule has 0 bridgehead atoms. The molecule has 96 valence electrons. The van der Waals surface area contributed by atoms with Crippen LogP contribution in [-0.2, 0) is 0 Å². The summed E-state index contributed by atoms with van der Waals surface area (Å²) in [7, 11) is 3.25. The monoisotopic (exact) mass is 255 g/mol. The maximum absolute atomic E-state index is 5.34. The minimum Gasteiger partial charge on any atom is -0.493 e. The Kier molecular flexibility index (Phi) is 2.79. The lowest BCUT2D eigenvalue weighted by atomic mass is 10.1. The summed E-state index contributed by atoms with van der Waals surface area (Å²) in [6, 6.07) is 5.81. The van der Waals surface area contributed by atoms with E-state index < -0.39 is 0 Å². The first-order valence-corrected chi connectivity index (χ1v) is 5.82. The molecule has 0 amide bonds. The molecule has 3 aromatic rings. The second-order valence-electron chi connectivity index (χ2n) is 4.03. The largest absolute Gasteiger partial charge is 0.493 e. The number of methoxy groups -OCH3 is 2. The van der Waals surface area contributed by atoms with E-state index in [1.54, 1.807) is 32.9 Å². The van der Waals surface area contributed by atoms with Gasteiger partial charge < -0.3 is 9.47 Å². The van der Waals surface area contributed by atoms with Crippen LogP contribution < -0.4 is 9.47 Å². The average molecular weight is 255 g/mol. The molecule has 0 saturated carbocycles. The van der Waals surface area contributed by atoms with Gasteiger partial charge in [0.15, 0.2) is 11.5 Å². The van der Waals surface area contributed by atoms with Crippen molar-refractivity contribution >= 4 is 10.8 Å². The molecule has 2 aromatic heterocycles. The van der Waals surface area contributed by atoms with Crippen molar-refractivity contribution < 1.29 is 9.47 Å². The minimum atomic E-state index is 0.685. The zero-order chi connectivity index (χ0) is 13.2. The Balaban J connectivity index is 2.30. The second-order valence-corrected chi connectivity index (χ2v) is 4.03. The van der Waals surface area contributed by atoms with Gasteiger partial charge in [-0.2, -0.15) is 0 Å². The number of aromatic nitrogens is 3. The Morgan fingerprint density at radius 2 is 1.84 bits per heavy atom. The molecule has 0 aliphatic heterocycles. The number of ether oxygens (including phenoxy) is 2. The summed E-state index contributed by atoms with van der Waals surface area (Å²) < 4.78 is 12.5. The van der Waals surface area contributed by atoms with Gasteiger partial charge in [0, 0.05) is 24.0 Å². The lowest BCUT2D eigenvalue weighted by Crippen LogP contribution is -1.97. The number of imidazole rings is 1. The van der Waals surface area contributed by atoms with Crippen LogP contribution in [0.15, 0.2) is 43.1 Å². The third kappa shape index (κ3) is 1.89. The Morgan fingerprint density at radius 1 is 1.05 bits per heavy atom. The fourth-order valence-corrected chi connectivity index (χ4v) is 2.07. The highest BCUT2D eigenvalue weighted by Crippen LogP contribution is 2.33. The summed E-state index contributed by atoms with van der Waals surface area (Å²) >= 11 is 0. The molecule has 5 nitrogen and oxygen atoms in total. The van der Waals surface area contributed by atoms with E-state index in [0.29, 0.717) is 11.5 Å². The van der Waals surface area contributed by atoms with Crippen molar-refractivity contribution in [1.29, 1.82) is 0 Å². The van der Waals surface area contributed by atoms with E-state index in [1.165, 1.54) is 0 Å². The Morgan fingerprint density at radius 3 is 2.53 bits per heavy atom. The van der Waals surface area contributed by atoms with Crippen LogP contribution in [0.4, 0.5) is 0 Å². The van der Waals surface area contributed by atoms with Crippen LogP contribution in [0.2, 0.25) is 0 Å². The first-order valence-electron chi connectivity index (χ1n) is 5.82. The van der Waals surface area contributed by atoms with E-state index in [0.717, 1.165) is 16.6 Å². The molecule has 0 atom stereocenters. The first-order chi connectivity index (χ1) is 9.33. The molecule has 0 unspecified atom stereocenters. The number of pyridine rings is 1. The predicted molar refractivity (Wildman–Crippen MR) is 72.0 cm³/mol. The van der Waals surface area contributed by atoms with Gasteiger partial charge in [0.05, 0.1) is 14.2 Å². The van der Waals surface area contributed by atoms with Crippen molar-refractivity contribution in [2.24, 2.45) is 0 Å².